The molecule has 0 aromatic carbocycles. The van der Waals surface area contributed by atoms with E-state index in [2.05, 4.69) is 18.3 Å². The summed E-state index contributed by atoms with van der Waals surface area (Å²) in [4.78, 5) is 1.38. The van der Waals surface area contributed by atoms with Crippen molar-refractivity contribution in [3.63, 3.8) is 0 Å². The van der Waals surface area contributed by atoms with Crippen molar-refractivity contribution >= 4 is 22.9 Å². The number of hydrogen-bond donors (Lipinski definition) is 1. The van der Waals surface area contributed by atoms with Crippen LogP contribution in [-0.2, 0) is 0 Å². The number of thiophene rings is 1. The fourth-order valence-corrected chi connectivity index (χ4v) is 6.30. The molecule has 1 aromatic rings. The Morgan fingerprint density at radius 2 is 2.05 bits per heavy atom. The molecule has 0 spiro atoms. The summed E-state index contributed by atoms with van der Waals surface area (Å²) in [7, 11) is 0. The SMILES string of the molecule is CC(NC1CC2CC1C1CCCC21)c1ccc(Cl)s1. The van der Waals surface area contributed by atoms with Crippen LogP contribution >= 0.6 is 22.9 Å². The third-order valence-electron chi connectivity index (χ3n) is 5.91. The molecular weight excluding hydrogens is 274 g/mol. The Morgan fingerprint density at radius 1 is 1.21 bits per heavy atom. The Hall–Kier alpha value is -0.0500. The molecule has 0 amide bonds. The molecule has 104 valence electrons. The first-order valence-corrected chi connectivity index (χ1v) is 8.93. The molecule has 3 heteroatoms. The van der Waals surface area contributed by atoms with Gasteiger partial charge in [0.1, 0.15) is 0 Å². The predicted octanol–water partition coefficient (Wildman–Crippen LogP) is 4.88. The number of hydrogen-bond acceptors (Lipinski definition) is 2. The van der Waals surface area contributed by atoms with Crippen LogP contribution in [0.1, 0.15) is 49.9 Å². The molecule has 0 aliphatic heterocycles. The van der Waals surface area contributed by atoms with Gasteiger partial charge in [-0.1, -0.05) is 18.0 Å². The summed E-state index contributed by atoms with van der Waals surface area (Å²) in [6.45, 7) is 2.29. The first-order chi connectivity index (χ1) is 9.22. The largest absolute Gasteiger partial charge is 0.306 e. The smallest absolute Gasteiger partial charge is 0.0931 e. The van der Waals surface area contributed by atoms with Gasteiger partial charge in [-0.05, 0) is 68.4 Å². The molecule has 4 rings (SSSR count). The molecule has 19 heavy (non-hydrogen) atoms. The standard InChI is InChI=1S/C16H22ClNS/c1-9(15-5-6-16(17)19-15)18-14-8-10-7-13(14)12-4-2-3-11(10)12/h5-6,9-14,18H,2-4,7-8H2,1H3. The third kappa shape index (κ3) is 2.07. The molecule has 1 heterocycles. The van der Waals surface area contributed by atoms with Gasteiger partial charge in [0.2, 0.25) is 0 Å². The maximum atomic E-state index is 6.05. The third-order valence-corrected chi connectivity index (χ3v) is 7.33. The average Bonchev–Trinajstić information content (AvgIpc) is 3.08. The molecule has 6 unspecified atom stereocenters. The maximum Gasteiger partial charge on any atom is 0.0931 e. The zero-order valence-corrected chi connectivity index (χ0v) is 13.0. The van der Waals surface area contributed by atoms with Crippen LogP contribution in [0.15, 0.2) is 12.1 Å². The van der Waals surface area contributed by atoms with Gasteiger partial charge in [0, 0.05) is 17.0 Å². The molecule has 6 atom stereocenters. The lowest BCUT2D eigenvalue weighted by molar-refractivity contribution is 0.200. The van der Waals surface area contributed by atoms with Crippen LogP contribution in [0.2, 0.25) is 4.34 Å². The van der Waals surface area contributed by atoms with Gasteiger partial charge in [-0.25, -0.2) is 0 Å². The minimum Gasteiger partial charge on any atom is -0.306 e. The van der Waals surface area contributed by atoms with Gasteiger partial charge in [-0.3, -0.25) is 0 Å². The van der Waals surface area contributed by atoms with E-state index in [1.165, 1.54) is 37.0 Å². The first-order valence-electron chi connectivity index (χ1n) is 7.73. The summed E-state index contributed by atoms with van der Waals surface area (Å²) in [6, 6.07) is 5.42. The van der Waals surface area contributed by atoms with E-state index in [1.54, 1.807) is 11.3 Å². The van der Waals surface area contributed by atoms with E-state index in [0.29, 0.717) is 6.04 Å². The molecule has 3 fully saturated rings. The summed E-state index contributed by atoms with van der Waals surface area (Å²) in [6.07, 6.45) is 7.45. The lowest BCUT2D eigenvalue weighted by Gasteiger charge is -2.33. The van der Waals surface area contributed by atoms with E-state index in [1.807, 2.05) is 6.07 Å². The lowest BCUT2D eigenvalue weighted by Crippen LogP contribution is -2.40. The number of nitrogens with one attached hydrogen (secondary N) is 1. The van der Waals surface area contributed by atoms with Gasteiger partial charge < -0.3 is 5.32 Å². The van der Waals surface area contributed by atoms with Crippen LogP contribution in [-0.4, -0.2) is 6.04 Å². The quantitative estimate of drug-likeness (QED) is 0.838. The van der Waals surface area contributed by atoms with Crippen molar-refractivity contribution in [3.05, 3.63) is 21.3 Å². The van der Waals surface area contributed by atoms with Crippen LogP contribution in [0, 0.1) is 23.7 Å². The molecule has 1 nitrogen and oxygen atoms in total. The molecule has 1 aromatic heterocycles. The Balaban J connectivity index is 1.44. The summed E-state index contributed by atoms with van der Waals surface area (Å²) in [5, 5.41) is 3.90. The predicted molar refractivity (Wildman–Crippen MR) is 81.7 cm³/mol. The van der Waals surface area contributed by atoms with Crippen LogP contribution < -0.4 is 5.32 Å². The van der Waals surface area contributed by atoms with E-state index in [-0.39, 0.29) is 0 Å². The highest BCUT2D eigenvalue weighted by Crippen LogP contribution is 2.58. The highest BCUT2D eigenvalue weighted by molar-refractivity contribution is 7.16. The number of halogens is 1. The zero-order valence-electron chi connectivity index (χ0n) is 11.4. The lowest BCUT2D eigenvalue weighted by atomic mass is 9.79. The van der Waals surface area contributed by atoms with E-state index >= 15 is 0 Å². The van der Waals surface area contributed by atoms with Crippen molar-refractivity contribution in [1.29, 1.82) is 0 Å². The van der Waals surface area contributed by atoms with Crippen LogP contribution in [0.5, 0.6) is 0 Å². The Bertz CT molecular complexity index is 471. The molecule has 2 bridgehead atoms. The van der Waals surface area contributed by atoms with Crippen LogP contribution in [0.4, 0.5) is 0 Å². The molecular formula is C16H22ClNS. The topological polar surface area (TPSA) is 12.0 Å². The zero-order chi connectivity index (χ0) is 13.0. The highest BCUT2D eigenvalue weighted by atomic mass is 35.5. The second kappa shape index (κ2) is 4.75. The van der Waals surface area contributed by atoms with Gasteiger partial charge in [0.15, 0.2) is 0 Å². The van der Waals surface area contributed by atoms with E-state index < -0.39 is 0 Å². The van der Waals surface area contributed by atoms with Gasteiger partial charge in [0.25, 0.3) is 0 Å². The Kier molecular flexibility index (Phi) is 3.17. The van der Waals surface area contributed by atoms with Crippen molar-refractivity contribution in [2.24, 2.45) is 23.7 Å². The van der Waals surface area contributed by atoms with Gasteiger partial charge in [0.05, 0.1) is 4.34 Å². The molecule has 1 N–H and O–H groups in total. The normalized spacial score (nSPS) is 41.7. The fraction of sp³-hybridized carbons (Fsp3) is 0.750. The van der Waals surface area contributed by atoms with Crippen molar-refractivity contribution < 1.29 is 0 Å². The monoisotopic (exact) mass is 295 g/mol. The minimum absolute atomic E-state index is 0.460. The number of rotatable bonds is 3. The Labute approximate surface area is 124 Å². The molecule has 0 saturated heterocycles. The maximum absolute atomic E-state index is 6.05. The van der Waals surface area contributed by atoms with Crippen molar-refractivity contribution in [2.45, 2.75) is 51.1 Å². The second-order valence-electron chi connectivity index (χ2n) is 6.79. The van der Waals surface area contributed by atoms with Crippen molar-refractivity contribution in [2.75, 3.05) is 0 Å². The van der Waals surface area contributed by atoms with E-state index in [9.17, 15) is 0 Å². The highest BCUT2D eigenvalue weighted by Gasteiger charge is 2.53. The average molecular weight is 296 g/mol. The van der Waals surface area contributed by atoms with Crippen LogP contribution in [0.25, 0.3) is 0 Å². The van der Waals surface area contributed by atoms with Crippen molar-refractivity contribution in [1.82, 2.24) is 5.32 Å². The summed E-state index contributed by atoms with van der Waals surface area (Å²) >= 11 is 7.77. The van der Waals surface area contributed by atoms with Gasteiger partial charge in [-0.2, -0.15) is 0 Å². The van der Waals surface area contributed by atoms with E-state index in [0.717, 1.165) is 34.0 Å². The summed E-state index contributed by atoms with van der Waals surface area (Å²) in [5.41, 5.74) is 0. The first kappa shape index (κ1) is 12.7. The number of fused-ring (bicyclic) bond motifs is 5. The Morgan fingerprint density at radius 3 is 2.84 bits per heavy atom. The van der Waals surface area contributed by atoms with Gasteiger partial charge in [-0.15, -0.1) is 11.3 Å². The molecule has 3 aliphatic carbocycles. The molecule has 3 saturated carbocycles. The second-order valence-corrected chi connectivity index (χ2v) is 8.54. The molecule has 0 radical (unpaired) electrons. The summed E-state index contributed by atoms with van der Waals surface area (Å²) in [5.74, 6) is 4.15. The van der Waals surface area contributed by atoms with E-state index in [4.69, 9.17) is 11.6 Å². The fourth-order valence-electron chi connectivity index (χ4n) is 5.22. The van der Waals surface area contributed by atoms with Crippen molar-refractivity contribution in [3.8, 4) is 0 Å². The summed E-state index contributed by atoms with van der Waals surface area (Å²) < 4.78 is 0.910. The minimum atomic E-state index is 0.460. The molecule has 3 aliphatic rings. The van der Waals surface area contributed by atoms with Gasteiger partial charge >= 0.3 is 0 Å². The van der Waals surface area contributed by atoms with Crippen LogP contribution in [0.3, 0.4) is 0 Å².